The fourth-order valence-corrected chi connectivity index (χ4v) is 3.87. The van der Waals surface area contributed by atoms with Gasteiger partial charge in [-0.15, -0.1) is 0 Å². The number of hydrogen-bond acceptors (Lipinski definition) is 3. The van der Waals surface area contributed by atoms with E-state index in [9.17, 15) is 18.0 Å². The predicted molar refractivity (Wildman–Crippen MR) is 95.4 cm³/mol. The molecule has 0 saturated heterocycles. The van der Waals surface area contributed by atoms with Gasteiger partial charge in [0.15, 0.2) is 16.4 Å². The summed E-state index contributed by atoms with van der Waals surface area (Å²) < 4.78 is 45.8. The van der Waals surface area contributed by atoms with Crippen LogP contribution in [0.5, 0.6) is 0 Å². The summed E-state index contributed by atoms with van der Waals surface area (Å²) in [6.45, 7) is 0.288. The largest absolute Gasteiger partial charge is 0.395 e. The maximum absolute atomic E-state index is 14.2. The molecule has 27 heavy (non-hydrogen) atoms. The molecule has 1 aliphatic rings. The molecule has 1 aromatic heterocycles. The van der Waals surface area contributed by atoms with Crippen molar-refractivity contribution in [3.8, 4) is 0 Å². The summed E-state index contributed by atoms with van der Waals surface area (Å²) in [4.78, 5) is 13.8. The third kappa shape index (κ3) is 3.41. The van der Waals surface area contributed by atoms with Crippen molar-refractivity contribution < 1.29 is 23.1 Å². The van der Waals surface area contributed by atoms with Crippen molar-refractivity contribution in [3.63, 3.8) is 0 Å². The molecule has 1 aromatic carbocycles. The van der Waals surface area contributed by atoms with E-state index >= 15 is 0 Å². The Balaban J connectivity index is 1.94. The summed E-state index contributed by atoms with van der Waals surface area (Å²) in [7, 11) is 3.32. The standard InChI is InChI=1S/C18H20F3N3O2S/c1-22(5-6-25)15(26)8-13-14-7-10(9-24(14)18(27)23(13)2)16-11(19)3-4-12(20)17(16)21/h3-4,10,25H,5-9H2,1-2H3. The minimum Gasteiger partial charge on any atom is -0.395 e. The Bertz CT molecular complexity index is 954. The van der Waals surface area contributed by atoms with Gasteiger partial charge in [0.2, 0.25) is 5.91 Å². The van der Waals surface area contributed by atoms with Crippen LogP contribution in [0.3, 0.4) is 0 Å². The molecule has 0 radical (unpaired) electrons. The molecule has 1 amide bonds. The van der Waals surface area contributed by atoms with Crippen LogP contribution in [0.15, 0.2) is 12.1 Å². The van der Waals surface area contributed by atoms with E-state index in [2.05, 4.69) is 0 Å². The number of carbonyl (C=O) groups is 1. The van der Waals surface area contributed by atoms with Crippen LogP contribution in [0, 0.1) is 22.2 Å². The maximum Gasteiger partial charge on any atom is 0.228 e. The minimum absolute atomic E-state index is 0.0554. The number of fused-ring (bicyclic) bond motifs is 1. The smallest absolute Gasteiger partial charge is 0.228 e. The number of nitrogens with zero attached hydrogens (tertiary/aromatic N) is 3. The minimum atomic E-state index is -1.18. The Morgan fingerprint density at radius 2 is 2.00 bits per heavy atom. The number of amides is 1. The molecular weight excluding hydrogens is 379 g/mol. The van der Waals surface area contributed by atoms with Crippen molar-refractivity contribution in [1.82, 2.24) is 14.0 Å². The first-order chi connectivity index (χ1) is 12.8. The molecule has 9 heteroatoms. The van der Waals surface area contributed by atoms with E-state index in [1.807, 2.05) is 0 Å². The zero-order chi connectivity index (χ0) is 19.9. The van der Waals surface area contributed by atoms with E-state index in [1.54, 1.807) is 23.2 Å². The number of likely N-dealkylation sites (N-methyl/N-ethyl adjacent to an activating group) is 1. The molecule has 5 nitrogen and oxygen atoms in total. The van der Waals surface area contributed by atoms with Gasteiger partial charge >= 0.3 is 0 Å². The van der Waals surface area contributed by atoms with E-state index in [4.69, 9.17) is 17.3 Å². The van der Waals surface area contributed by atoms with Gasteiger partial charge in [0.05, 0.1) is 13.0 Å². The number of aliphatic hydroxyl groups is 1. The lowest BCUT2D eigenvalue weighted by Crippen LogP contribution is -2.31. The quantitative estimate of drug-likeness (QED) is 0.620. The van der Waals surface area contributed by atoms with Gasteiger partial charge in [0.25, 0.3) is 0 Å². The molecule has 2 heterocycles. The number of imidazole rings is 1. The normalized spacial score (nSPS) is 15.9. The summed E-state index contributed by atoms with van der Waals surface area (Å²) in [5, 5.41) is 8.98. The number of aromatic nitrogens is 2. The van der Waals surface area contributed by atoms with Crippen LogP contribution in [0.1, 0.15) is 22.9 Å². The molecule has 146 valence electrons. The third-order valence-corrected chi connectivity index (χ3v) is 5.59. The van der Waals surface area contributed by atoms with Crippen LogP contribution >= 0.6 is 12.2 Å². The van der Waals surface area contributed by atoms with Crippen molar-refractivity contribution in [1.29, 1.82) is 0 Å². The molecule has 0 bridgehead atoms. The van der Waals surface area contributed by atoms with Crippen LogP contribution in [0.4, 0.5) is 13.2 Å². The molecule has 1 atom stereocenters. The molecule has 3 rings (SSSR count). The fraction of sp³-hybridized carbons (Fsp3) is 0.444. The second kappa shape index (κ2) is 7.47. The monoisotopic (exact) mass is 399 g/mol. The van der Waals surface area contributed by atoms with Gasteiger partial charge in [-0.3, -0.25) is 4.79 Å². The van der Waals surface area contributed by atoms with Gasteiger partial charge in [-0.1, -0.05) is 0 Å². The second-order valence-corrected chi connectivity index (χ2v) is 7.08. The first-order valence-electron chi connectivity index (χ1n) is 8.51. The van der Waals surface area contributed by atoms with E-state index in [0.717, 1.165) is 17.8 Å². The third-order valence-electron chi connectivity index (χ3n) is 5.09. The molecule has 0 saturated carbocycles. The summed E-state index contributed by atoms with van der Waals surface area (Å²) in [5.74, 6) is -3.85. The highest BCUT2D eigenvalue weighted by Gasteiger charge is 2.33. The van der Waals surface area contributed by atoms with Gasteiger partial charge in [0, 0.05) is 50.1 Å². The average Bonchev–Trinajstić information content (AvgIpc) is 3.14. The van der Waals surface area contributed by atoms with Gasteiger partial charge < -0.3 is 19.1 Å². The summed E-state index contributed by atoms with van der Waals surface area (Å²) in [6.07, 6.45) is 0.313. The molecule has 0 fully saturated rings. The zero-order valence-electron chi connectivity index (χ0n) is 15.0. The Morgan fingerprint density at radius 3 is 2.67 bits per heavy atom. The van der Waals surface area contributed by atoms with Crippen molar-refractivity contribution in [3.05, 3.63) is 51.3 Å². The highest BCUT2D eigenvalue weighted by atomic mass is 32.1. The number of halogens is 3. The second-order valence-electron chi connectivity index (χ2n) is 6.72. The number of benzene rings is 1. The van der Waals surface area contributed by atoms with Gasteiger partial charge in [0.1, 0.15) is 5.82 Å². The molecule has 0 aliphatic carbocycles. The van der Waals surface area contributed by atoms with Gasteiger partial charge in [-0.2, -0.15) is 0 Å². The average molecular weight is 399 g/mol. The Morgan fingerprint density at radius 1 is 1.33 bits per heavy atom. The van der Waals surface area contributed by atoms with Crippen molar-refractivity contribution in [2.75, 3.05) is 20.2 Å². The van der Waals surface area contributed by atoms with Crippen LogP contribution in [0.25, 0.3) is 0 Å². The van der Waals surface area contributed by atoms with Gasteiger partial charge in [-0.05, 0) is 30.8 Å². The van der Waals surface area contributed by atoms with E-state index in [-0.39, 0.29) is 44.0 Å². The van der Waals surface area contributed by atoms with Crippen LogP contribution in [0.2, 0.25) is 0 Å². The SMILES string of the molecule is CN(CCO)C(=O)Cc1c2n(c(=S)n1C)CC(c1c(F)ccc(F)c1F)C2. The molecule has 1 unspecified atom stereocenters. The topological polar surface area (TPSA) is 50.4 Å². The fourth-order valence-electron chi connectivity index (χ4n) is 3.58. The lowest BCUT2D eigenvalue weighted by Gasteiger charge is -2.17. The first kappa shape index (κ1) is 19.6. The lowest BCUT2D eigenvalue weighted by atomic mass is 9.95. The van der Waals surface area contributed by atoms with Crippen molar-refractivity contribution >= 4 is 18.1 Å². The van der Waals surface area contributed by atoms with E-state index < -0.39 is 23.4 Å². The Kier molecular flexibility index (Phi) is 5.43. The summed E-state index contributed by atoms with van der Waals surface area (Å²) in [5.41, 5.74) is 1.10. The molecular formula is C18H20F3N3O2S. The van der Waals surface area contributed by atoms with Gasteiger partial charge in [-0.25, -0.2) is 13.2 Å². The highest BCUT2D eigenvalue weighted by molar-refractivity contribution is 7.71. The number of hydrogen-bond donors (Lipinski definition) is 1. The maximum atomic E-state index is 14.2. The predicted octanol–water partition coefficient (Wildman–Crippen LogP) is 2.31. The van der Waals surface area contributed by atoms with Crippen molar-refractivity contribution in [2.24, 2.45) is 7.05 Å². The zero-order valence-corrected chi connectivity index (χ0v) is 15.8. The molecule has 2 aromatic rings. The molecule has 1 N–H and O–H groups in total. The van der Waals surface area contributed by atoms with E-state index in [0.29, 0.717) is 10.5 Å². The van der Waals surface area contributed by atoms with Crippen LogP contribution in [-0.4, -0.2) is 45.2 Å². The number of carbonyl (C=O) groups excluding carboxylic acids is 1. The first-order valence-corrected chi connectivity index (χ1v) is 8.92. The molecule has 0 spiro atoms. The number of rotatable bonds is 5. The number of aliphatic hydroxyl groups excluding tert-OH is 1. The van der Waals surface area contributed by atoms with Crippen molar-refractivity contribution in [2.45, 2.75) is 25.3 Å². The Labute approximate surface area is 159 Å². The van der Waals surface area contributed by atoms with Crippen LogP contribution < -0.4 is 0 Å². The summed E-state index contributed by atoms with van der Waals surface area (Å²) >= 11 is 5.40. The molecule has 1 aliphatic heterocycles. The highest BCUT2D eigenvalue weighted by Crippen LogP contribution is 2.36. The Hall–Kier alpha value is -2.13. The lowest BCUT2D eigenvalue weighted by molar-refractivity contribution is -0.129. The van der Waals surface area contributed by atoms with E-state index in [1.165, 1.54) is 4.90 Å². The van der Waals surface area contributed by atoms with Crippen LogP contribution in [-0.2, 0) is 31.2 Å². The summed E-state index contributed by atoms with van der Waals surface area (Å²) in [6, 6.07) is 1.69.